The second-order valence-electron chi connectivity index (χ2n) is 12.5. The van der Waals surface area contributed by atoms with Crippen LogP contribution in [0.2, 0.25) is 0 Å². The van der Waals surface area contributed by atoms with Crippen LogP contribution in [0.25, 0.3) is 98.8 Å². The molecule has 0 bridgehead atoms. The van der Waals surface area contributed by atoms with Crippen LogP contribution in [0, 0.1) is 0 Å². The number of fused-ring (bicyclic) bond motifs is 6. The molecule has 1 heterocycles. The Morgan fingerprint density at radius 3 is 1.59 bits per heavy atom. The number of rotatable bonds is 4. The first kappa shape index (κ1) is 23.8. The van der Waals surface area contributed by atoms with Gasteiger partial charge < -0.3 is 4.42 Å². The molecule has 0 saturated carbocycles. The van der Waals surface area contributed by atoms with Crippen molar-refractivity contribution in [1.29, 1.82) is 0 Å². The standard InChI is InChI=1S/C48H30O/c1-2-13-32(14-3-1)47-41-19-6-8-21-43(41)48(44-22-9-7-20-42(44)47)36-17-10-16-33(28-36)34-24-26-39-40-27-25-35(30-46(40)49-45(39)29-34)38-23-11-15-31-12-4-5-18-37(31)38/h1-30H/i10D,16D,17D,28D. The molecule has 0 saturated heterocycles. The lowest BCUT2D eigenvalue weighted by atomic mass is 9.85. The summed E-state index contributed by atoms with van der Waals surface area (Å²) in [5.74, 6) is 0. The van der Waals surface area contributed by atoms with E-state index in [9.17, 15) is 2.74 Å². The SMILES string of the molecule is [2H]c1c([2H])c(-c2ccc3c(c2)oc2cc(-c4cccc5ccccc45)ccc23)c([2H])c(-c2c3ccccc3c(-c3ccccc3)c3ccccc23)c1[2H]. The minimum Gasteiger partial charge on any atom is -0.456 e. The van der Waals surface area contributed by atoms with Crippen LogP contribution in [0.1, 0.15) is 5.48 Å². The van der Waals surface area contributed by atoms with Crippen molar-refractivity contribution in [3.05, 3.63) is 182 Å². The fraction of sp³-hybridized carbons (Fsp3) is 0. The van der Waals surface area contributed by atoms with Crippen molar-refractivity contribution in [2.75, 3.05) is 0 Å². The van der Waals surface area contributed by atoms with Crippen molar-refractivity contribution < 1.29 is 9.90 Å². The van der Waals surface area contributed by atoms with Gasteiger partial charge in [0.1, 0.15) is 11.2 Å². The third-order valence-corrected chi connectivity index (χ3v) is 9.73. The zero-order valence-corrected chi connectivity index (χ0v) is 26.4. The number of hydrogen-bond donors (Lipinski definition) is 0. The Labute approximate surface area is 289 Å². The molecular formula is C48H30O. The Morgan fingerprint density at radius 2 is 0.898 bits per heavy atom. The summed E-state index contributed by atoms with van der Waals surface area (Å²) in [5.41, 5.74) is 7.72. The molecule has 0 aliphatic carbocycles. The lowest BCUT2D eigenvalue weighted by Gasteiger charge is -2.18. The molecule has 49 heavy (non-hydrogen) atoms. The molecule has 0 aliphatic rings. The molecule has 9 aromatic carbocycles. The maximum Gasteiger partial charge on any atom is 0.136 e. The Bertz CT molecular complexity index is 3040. The van der Waals surface area contributed by atoms with Gasteiger partial charge in [0, 0.05) is 10.8 Å². The van der Waals surface area contributed by atoms with E-state index in [0.29, 0.717) is 22.3 Å². The molecule has 10 aromatic rings. The average molecular weight is 627 g/mol. The van der Waals surface area contributed by atoms with Gasteiger partial charge in [-0.1, -0.05) is 152 Å². The lowest BCUT2D eigenvalue weighted by Crippen LogP contribution is -1.91. The predicted octanol–water partition coefficient (Wildman–Crippen LogP) is 13.7. The second-order valence-corrected chi connectivity index (χ2v) is 12.5. The van der Waals surface area contributed by atoms with Gasteiger partial charge in [-0.25, -0.2) is 0 Å². The van der Waals surface area contributed by atoms with Crippen molar-refractivity contribution in [2.45, 2.75) is 0 Å². The van der Waals surface area contributed by atoms with Crippen molar-refractivity contribution in [2.24, 2.45) is 0 Å². The van der Waals surface area contributed by atoms with Gasteiger partial charge in [-0.2, -0.15) is 0 Å². The smallest absolute Gasteiger partial charge is 0.136 e. The molecule has 0 spiro atoms. The molecular weight excluding hydrogens is 593 g/mol. The highest BCUT2D eigenvalue weighted by molar-refractivity contribution is 6.21. The highest BCUT2D eigenvalue weighted by atomic mass is 16.3. The average Bonchev–Trinajstić information content (AvgIpc) is 3.57. The van der Waals surface area contributed by atoms with Crippen molar-refractivity contribution >= 4 is 54.3 Å². The van der Waals surface area contributed by atoms with Crippen LogP contribution in [-0.4, -0.2) is 0 Å². The first-order valence-electron chi connectivity index (χ1n) is 18.5. The summed E-state index contributed by atoms with van der Waals surface area (Å²) in [5, 5.41) is 8.05. The minimum absolute atomic E-state index is 0.0486. The van der Waals surface area contributed by atoms with E-state index >= 15 is 0 Å². The highest BCUT2D eigenvalue weighted by Gasteiger charge is 2.17. The normalized spacial score (nSPS) is 12.8. The van der Waals surface area contributed by atoms with Gasteiger partial charge >= 0.3 is 0 Å². The molecule has 1 heteroatoms. The van der Waals surface area contributed by atoms with Crippen LogP contribution >= 0.6 is 0 Å². The van der Waals surface area contributed by atoms with Gasteiger partial charge in [0.15, 0.2) is 0 Å². The summed E-state index contributed by atoms with van der Waals surface area (Å²) in [6.45, 7) is 0. The second kappa shape index (κ2) is 11.1. The van der Waals surface area contributed by atoms with Crippen LogP contribution < -0.4 is 0 Å². The molecule has 0 N–H and O–H groups in total. The van der Waals surface area contributed by atoms with Crippen LogP contribution in [-0.2, 0) is 0 Å². The van der Waals surface area contributed by atoms with Crippen molar-refractivity contribution in [3.63, 3.8) is 0 Å². The van der Waals surface area contributed by atoms with Gasteiger partial charge in [-0.3, -0.25) is 0 Å². The summed E-state index contributed by atoms with van der Waals surface area (Å²) in [7, 11) is 0. The Hall–Kier alpha value is -6.44. The maximum absolute atomic E-state index is 9.72. The van der Waals surface area contributed by atoms with Crippen molar-refractivity contribution in [3.8, 4) is 44.5 Å². The Kier molecular flexibility index (Phi) is 5.38. The van der Waals surface area contributed by atoms with Gasteiger partial charge in [0.25, 0.3) is 0 Å². The molecule has 0 amide bonds. The van der Waals surface area contributed by atoms with E-state index in [4.69, 9.17) is 7.16 Å². The third-order valence-electron chi connectivity index (χ3n) is 9.73. The van der Waals surface area contributed by atoms with Gasteiger partial charge in [0.05, 0.1) is 5.48 Å². The monoisotopic (exact) mass is 626 g/mol. The van der Waals surface area contributed by atoms with Gasteiger partial charge in [0.2, 0.25) is 0 Å². The number of hydrogen-bond acceptors (Lipinski definition) is 1. The van der Waals surface area contributed by atoms with Crippen molar-refractivity contribution in [1.82, 2.24) is 0 Å². The topological polar surface area (TPSA) is 13.1 Å². The fourth-order valence-electron chi connectivity index (χ4n) is 7.50. The van der Waals surface area contributed by atoms with Gasteiger partial charge in [-0.05, 0) is 107 Å². The summed E-state index contributed by atoms with van der Waals surface area (Å²) >= 11 is 0. The zero-order valence-electron chi connectivity index (χ0n) is 30.4. The maximum atomic E-state index is 9.72. The molecule has 0 aliphatic heterocycles. The zero-order chi connectivity index (χ0) is 35.8. The number of benzene rings is 9. The Morgan fingerprint density at radius 1 is 0.367 bits per heavy atom. The molecule has 1 aromatic heterocycles. The molecule has 10 rings (SSSR count). The van der Waals surface area contributed by atoms with E-state index < -0.39 is 0 Å². The van der Waals surface area contributed by atoms with E-state index in [-0.39, 0.29) is 24.2 Å². The van der Waals surface area contributed by atoms with Crippen LogP contribution in [0.5, 0.6) is 0 Å². The molecule has 0 radical (unpaired) electrons. The van der Waals surface area contributed by atoms with E-state index in [1.807, 2.05) is 78.9 Å². The molecule has 0 fully saturated rings. The summed E-state index contributed by atoms with van der Waals surface area (Å²) in [4.78, 5) is 0. The summed E-state index contributed by atoms with van der Waals surface area (Å²) in [6, 6.07) is 52.8. The molecule has 0 atom stereocenters. The highest BCUT2D eigenvalue weighted by Crippen LogP contribution is 2.44. The van der Waals surface area contributed by atoms with Crippen LogP contribution in [0.3, 0.4) is 0 Å². The van der Waals surface area contributed by atoms with Crippen LogP contribution in [0.15, 0.2) is 186 Å². The minimum atomic E-state index is -0.212. The van der Waals surface area contributed by atoms with E-state index in [2.05, 4.69) is 78.9 Å². The lowest BCUT2D eigenvalue weighted by molar-refractivity contribution is 0.669. The molecule has 1 nitrogen and oxygen atoms in total. The van der Waals surface area contributed by atoms with Gasteiger partial charge in [-0.15, -0.1) is 0 Å². The summed E-state index contributed by atoms with van der Waals surface area (Å²) < 4.78 is 43.6. The third kappa shape index (κ3) is 4.47. The van der Waals surface area contributed by atoms with E-state index in [1.165, 1.54) is 10.8 Å². The van der Waals surface area contributed by atoms with Crippen LogP contribution in [0.4, 0.5) is 0 Å². The summed E-state index contributed by atoms with van der Waals surface area (Å²) in [6.07, 6.45) is 0. The fourth-order valence-corrected chi connectivity index (χ4v) is 7.50. The quantitative estimate of drug-likeness (QED) is 0.177. The predicted molar refractivity (Wildman–Crippen MR) is 208 cm³/mol. The van der Waals surface area contributed by atoms with E-state index in [0.717, 1.165) is 65.7 Å². The Balaban J connectivity index is 1.19. The first-order chi connectivity index (χ1) is 26.0. The largest absolute Gasteiger partial charge is 0.456 e. The number of furan rings is 1. The molecule has 0 unspecified atom stereocenters. The van der Waals surface area contributed by atoms with E-state index in [1.54, 1.807) is 0 Å². The first-order valence-corrected chi connectivity index (χ1v) is 16.5. The molecule has 228 valence electrons.